The minimum Gasteiger partial charge on any atom is -0.495 e. The lowest BCUT2D eigenvalue weighted by Gasteiger charge is -2.11. The molecular formula is C11H14O3S. The van der Waals surface area contributed by atoms with Gasteiger partial charge in [0.2, 0.25) is 0 Å². The largest absolute Gasteiger partial charge is 0.495 e. The Balaban J connectivity index is 3.04. The van der Waals surface area contributed by atoms with Crippen molar-refractivity contribution in [2.24, 2.45) is 0 Å². The maximum atomic E-state index is 10.6. The lowest BCUT2D eigenvalue weighted by atomic mass is 10.1. The van der Waals surface area contributed by atoms with Gasteiger partial charge in [0, 0.05) is 10.5 Å². The van der Waals surface area contributed by atoms with Crippen LogP contribution in [0.25, 0.3) is 0 Å². The molecule has 4 heteroatoms. The van der Waals surface area contributed by atoms with Gasteiger partial charge in [-0.25, -0.2) is 0 Å². The number of benzene rings is 1. The number of thioether (sulfide) groups is 1. The van der Waals surface area contributed by atoms with E-state index in [-0.39, 0.29) is 6.42 Å². The summed E-state index contributed by atoms with van der Waals surface area (Å²) in [7, 11) is 1.57. The highest BCUT2D eigenvalue weighted by atomic mass is 32.2. The molecule has 0 aliphatic carbocycles. The van der Waals surface area contributed by atoms with Gasteiger partial charge in [0.15, 0.2) is 0 Å². The molecule has 0 amide bonds. The Morgan fingerprint density at radius 3 is 2.80 bits per heavy atom. The fourth-order valence-electron chi connectivity index (χ4n) is 1.36. The number of hydrogen-bond donors (Lipinski definition) is 1. The summed E-state index contributed by atoms with van der Waals surface area (Å²) in [5, 5.41) is 8.75. The maximum Gasteiger partial charge on any atom is 0.307 e. The number of carboxylic acid groups (broad SMARTS) is 1. The quantitative estimate of drug-likeness (QED) is 0.783. The van der Waals surface area contributed by atoms with Crippen molar-refractivity contribution >= 4 is 17.7 Å². The highest BCUT2D eigenvalue weighted by Gasteiger charge is 2.11. The molecule has 0 radical (unpaired) electrons. The molecule has 0 aliphatic heterocycles. The Labute approximate surface area is 93.4 Å². The van der Waals surface area contributed by atoms with Gasteiger partial charge in [0.1, 0.15) is 5.75 Å². The molecule has 1 rings (SSSR count). The SMILES string of the molecule is CCSc1cccc(CC(=O)O)c1OC. The fraction of sp³-hybridized carbons (Fsp3) is 0.364. The average molecular weight is 226 g/mol. The molecule has 1 aromatic carbocycles. The Kier molecular flexibility index (Phi) is 4.49. The topological polar surface area (TPSA) is 46.5 Å². The molecule has 0 unspecified atom stereocenters. The Morgan fingerprint density at radius 1 is 1.53 bits per heavy atom. The van der Waals surface area contributed by atoms with E-state index in [2.05, 4.69) is 0 Å². The second-order valence-corrected chi connectivity index (χ2v) is 4.26. The normalized spacial score (nSPS) is 10.0. The van der Waals surface area contributed by atoms with Crippen molar-refractivity contribution < 1.29 is 14.6 Å². The summed E-state index contributed by atoms with van der Waals surface area (Å²) >= 11 is 1.65. The molecule has 3 nitrogen and oxygen atoms in total. The zero-order valence-electron chi connectivity index (χ0n) is 8.82. The van der Waals surface area contributed by atoms with Crippen molar-refractivity contribution in [1.29, 1.82) is 0 Å². The Morgan fingerprint density at radius 2 is 2.27 bits per heavy atom. The van der Waals surface area contributed by atoms with Gasteiger partial charge >= 0.3 is 5.97 Å². The van der Waals surface area contributed by atoms with Crippen molar-refractivity contribution in [1.82, 2.24) is 0 Å². The van der Waals surface area contributed by atoms with Crippen LogP contribution in [0.1, 0.15) is 12.5 Å². The van der Waals surface area contributed by atoms with Gasteiger partial charge in [-0.05, 0) is 11.8 Å². The molecule has 82 valence electrons. The van der Waals surface area contributed by atoms with Crippen LogP contribution < -0.4 is 4.74 Å². The number of carboxylic acids is 1. The zero-order chi connectivity index (χ0) is 11.3. The van der Waals surface area contributed by atoms with Crippen LogP contribution in [0.3, 0.4) is 0 Å². The molecule has 0 aromatic heterocycles. The van der Waals surface area contributed by atoms with E-state index in [4.69, 9.17) is 9.84 Å². The lowest BCUT2D eigenvalue weighted by Crippen LogP contribution is -2.03. The average Bonchev–Trinajstić information content (AvgIpc) is 2.18. The molecule has 0 atom stereocenters. The minimum absolute atomic E-state index is 0.00128. The summed E-state index contributed by atoms with van der Waals surface area (Å²) in [4.78, 5) is 11.6. The summed E-state index contributed by atoms with van der Waals surface area (Å²) in [6.07, 6.45) is 0.00128. The van der Waals surface area contributed by atoms with Crippen LogP contribution in [0, 0.1) is 0 Å². The second-order valence-electron chi connectivity index (χ2n) is 2.95. The number of methoxy groups -OCH3 is 1. The van der Waals surface area contributed by atoms with Crippen molar-refractivity contribution in [3.8, 4) is 5.75 Å². The molecule has 0 aliphatic rings. The molecule has 0 saturated carbocycles. The van der Waals surface area contributed by atoms with Crippen molar-refractivity contribution in [2.75, 3.05) is 12.9 Å². The molecule has 0 fully saturated rings. The van der Waals surface area contributed by atoms with E-state index in [0.29, 0.717) is 5.75 Å². The minimum atomic E-state index is -0.841. The van der Waals surface area contributed by atoms with Gasteiger partial charge in [-0.15, -0.1) is 11.8 Å². The first-order valence-corrected chi connectivity index (χ1v) is 5.68. The van der Waals surface area contributed by atoms with Crippen LogP contribution in [0.2, 0.25) is 0 Å². The van der Waals surface area contributed by atoms with Crippen molar-refractivity contribution in [3.63, 3.8) is 0 Å². The summed E-state index contributed by atoms with van der Waals surface area (Å²) < 4.78 is 5.25. The molecule has 1 aromatic rings. The number of hydrogen-bond acceptors (Lipinski definition) is 3. The van der Waals surface area contributed by atoms with E-state index in [1.165, 1.54) is 0 Å². The lowest BCUT2D eigenvalue weighted by molar-refractivity contribution is -0.136. The second kappa shape index (κ2) is 5.66. The van der Waals surface area contributed by atoms with Crippen LogP contribution in [0.4, 0.5) is 0 Å². The number of rotatable bonds is 5. The third-order valence-corrected chi connectivity index (χ3v) is 2.83. The third-order valence-electron chi connectivity index (χ3n) is 1.91. The van der Waals surface area contributed by atoms with E-state index in [1.54, 1.807) is 24.9 Å². The monoisotopic (exact) mass is 226 g/mol. The first-order chi connectivity index (χ1) is 7.19. The van der Waals surface area contributed by atoms with E-state index < -0.39 is 5.97 Å². The number of carbonyl (C=O) groups is 1. The zero-order valence-corrected chi connectivity index (χ0v) is 9.63. The van der Waals surface area contributed by atoms with Crippen LogP contribution in [-0.4, -0.2) is 23.9 Å². The fourth-order valence-corrected chi connectivity index (χ4v) is 2.20. The summed E-state index contributed by atoms with van der Waals surface area (Å²) in [6, 6.07) is 5.59. The molecule has 0 spiro atoms. The van der Waals surface area contributed by atoms with Gasteiger partial charge in [0.05, 0.1) is 13.5 Å². The molecule has 0 bridgehead atoms. The van der Waals surface area contributed by atoms with Crippen molar-refractivity contribution in [3.05, 3.63) is 23.8 Å². The van der Waals surface area contributed by atoms with Gasteiger partial charge in [-0.2, -0.15) is 0 Å². The van der Waals surface area contributed by atoms with Crippen LogP contribution in [-0.2, 0) is 11.2 Å². The van der Waals surface area contributed by atoms with Crippen LogP contribution in [0.15, 0.2) is 23.1 Å². The van der Waals surface area contributed by atoms with E-state index >= 15 is 0 Å². The maximum absolute atomic E-state index is 10.6. The van der Waals surface area contributed by atoms with Crippen LogP contribution in [0.5, 0.6) is 5.75 Å². The standard InChI is InChI=1S/C11H14O3S/c1-3-15-9-6-4-5-8(7-10(12)13)11(9)14-2/h4-6H,3,7H2,1-2H3,(H,12,13). The van der Waals surface area contributed by atoms with Gasteiger partial charge in [-0.3, -0.25) is 4.79 Å². The van der Waals surface area contributed by atoms with Gasteiger partial charge in [0.25, 0.3) is 0 Å². The van der Waals surface area contributed by atoms with Crippen LogP contribution >= 0.6 is 11.8 Å². The van der Waals surface area contributed by atoms with E-state index in [1.807, 2.05) is 19.1 Å². The van der Waals surface area contributed by atoms with Gasteiger partial charge < -0.3 is 9.84 Å². The van der Waals surface area contributed by atoms with E-state index in [0.717, 1.165) is 16.2 Å². The molecular weight excluding hydrogens is 212 g/mol. The van der Waals surface area contributed by atoms with Gasteiger partial charge in [-0.1, -0.05) is 19.1 Å². The van der Waals surface area contributed by atoms with Crippen molar-refractivity contribution in [2.45, 2.75) is 18.2 Å². The van der Waals surface area contributed by atoms with E-state index in [9.17, 15) is 4.79 Å². The summed E-state index contributed by atoms with van der Waals surface area (Å²) in [5.74, 6) is 0.783. The summed E-state index contributed by atoms with van der Waals surface area (Å²) in [6.45, 7) is 2.05. The Bertz CT molecular complexity index is 350. The highest BCUT2D eigenvalue weighted by molar-refractivity contribution is 7.99. The first kappa shape index (κ1) is 11.9. The summed E-state index contributed by atoms with van der Waals surface area (Å²) in [5.41, 5.74) is 0.725. The predicted octanol–water partition coefficient (Wildman–Crippen LogP) is 2.43. The third kappa shape index (κ3) is 3.16. The highest BCUT2D eigenvalue weighted by Crippen LogP contribution is 2.32. The number of para-hydroxylation sites is 1. The number of aliphatic carboxylic acids is 1. The predicted molar refractivity (Wildman–Crippen MR) is 60.7 cm³/mol. The molecule has 0 saturated heterocycles. The Hall–Kier alpha value is -1.16. The molecule has 1 N–H and O–H groups in total. The molecule has 15 heavy (non-hydrogen) atoms. The number of ether oxygens (including phenoxy) is 1. The first-order valence-electron chi connectivity index (χ1n) is 4.69. The molecule has 0 heterocycles. The smallest absolute Gasteiger partial charge is 0.307 e.